The highest BCUT2D eigenvalue weighted by Gasteiger charge is 2.38. The summed E-state index contributed by atoms with van der Waals surface area (Å²) in [6.07, 6.45) is 3.19. The maximum atomic E-state index is 14.0. The van der Waals surface area contributed by atoms with Crippen LogP contribution >= 0.6 is 7.29 Å². The Morgan fingerprint density at radius 3 is 2.81 bits per heavy atom. The SMILES string of the molecule is CCCOC(=O)C(C)(C)CP(=O)(CO[C@H](C)Cn1cnc2c(N)ncnc21)NCc1cccc(F)c1. The maximum absolute atomic E-state index is 14.0. The van der Waals surface area contributed by atoms with Crippen LogP contribution in [0.2, 0.25) is 0 Å². The third-order valence-corrected chi connectivity index (χ3v) is 8.15. The van der Waals surface area contributed by atoms with Crippen LogP contribution < -0.4 is 10.8 Å². The lowest BCUT2D eigenvalue weighted by atomic mass is 9.97. The van der Waals surface area contributed by atoms with E-state index in [1.807, 2.05) is 13.8 Å². The molecule has 1 aromatic carbocycles. The largest absolute Gasteiger partial charge is 0.465 e. The van der Waals surface area contributed by atoms with Crippen molar-refractivity contribution in [1.82, 2.24) is 24.6 Å². The molecular formula is C24H34FN6O4P. The van der Waals surface area contributed by atoms with Gasteiger partial charge in [0.1, 0.15) is 24.0 Å². The number of nitrogens with one attached hydrogen (secondary N) is 1. The number of anilines is 1. The lowest BCUT2D eigenvalue weighted by molar-refractivity contribution is -0.152. The maximum Gasteiger partial charge on any atom is 0.312 e. The average Bonchev–Trinajstić information content (AvgIpc) is 3.24. The van der Waals surface area contributed by atoms with Crippen molar-refractivity contribution in [1.29, 1.82) is 0 Å². The molecule has 0 amide bonds. The Hall–Kier alpha value is -2.88. The van der Waals surface area contributed by atoms with Crippen LogP contribution in [0, 0.1) is 11.2 Å². The molecule has 0 aliphatic carbocycles. The summed E-state index contributed by atoms with van der Waals surface area (Å²) in [5, 5.41) is 3.06. The van der Waals surface area contributed by atoms with Crippen LogP contribution in [0.1, 0.15) is 39.7 Å². The number of carbonyl (C=O) groups is 1. The number of imidazole rings is 1. The number of aromatic nitrogens is 4. The summed E-state index contributed by atoms with van der Waals surface area (Å²) in [6.45, 7) is 8.00. The van der Waals surface area contributed by atoms with E-state index in [0.29, 0.717) is 36.3 Å². The highest BCUT2D eigenvalue weighted by Crippen LogP contribution is 2.47. The first-order chi connectivity index (χ1) is 17.0. The standard InChI is InChI=1S/C24H34FN6O4P/c1-5-9-34-23(32)24(3,4)13-36(33,30-11-18-7-6-8-19(25)10-18)16-35-17(2)12-31-15-29-20-21(26)27-14-28-22(20)31/h6-8,10,14-15,17H,5,9,11-13,16H2,1-4H3,(H,30,33)(H2,26,27,28)/t17-,36?/m1/s1. The van der Waals surface area contributed by atoms with Gasteiger partial charge in [0.05, 0.1) is 31.0 Å². The fourth-order valence-corrected chi connectivity index (χ4v) is 6.40. The summed E-state index contributed by atoms with van der Waals surface area (Å²) in [5.41, 5.74) is 6.55. The fourth-order valence-electron chi connectivity index (χ4n) is 3.73. The van der Waals surface area contributed by atoms with Crippen molar-refractivity contribution in [3.63, 3.8) is 0 Å². The first kappa shape index (κ1) is 27.7. The normalized spacial score (nSPS) is 14.5. The third kappa shape index (κ3) is 7.32. The molecule has 3 rings (SSSR count). The van der Waals surface area contributed by atoms with E-state index in [1.165, 1.54) is 18.5 Å². The van der Waals surface area contributed by atoms with Gasteiger partial charge in [0.2, 0.25) is 0 Å². The molecule has 1 unspecified atom stereocenters. The Balaban J connectivity index is 1.72. The van der Waals surface area contributed by atoms with Gasteiger partial charge in [-0.15, -0.1) is 0 Å². The molecule has 2 heterocycles. The molecule has 0 radical (unpaired) electrons. The van der Waals surface area contributed by atoms with Crippen LogP contribution in [-0.4, -0.2) is 50.7 Å². The van der Waals surface area contributed by atoms with Crippen molar-refractivity contribution in [3.05, 3.63) is 48.3 Å². The van der Waals surface area contributed by atoms with E-state index in [-0.39, 0.29) is 36.8 Å². The number of carbonyl (C=O) groups excluding carboxylic acids is 1. The number of nitrogens with zero attached hydrogens (tertiary/aromatic N) is 4. The summed E-state index contributed by atoms with van der Waals surface area (Å²) >= 11 is 0. The topological polar surface area (TPSA) is 134 Å². The molecule has 2 atom stereocenters. The van der Waals surface area contributed by atoms with Crippen LogP contribution in [-0.2, 0) is 31.9 Å². The van der Waals surface area contributed by atoms with E-state index < -0.39 is 18.7 Å². The number of hydrogen-bond donors (Lipinski definition) is 2. The highest BCUT2D eigenvalue weighted by molar-refractivity contribution is 7.61. The van der Waals surface area contributed by atoms with Crippen molar-refractivity contribution in [2.45, 2.75) is 53.3 Å². The fraction of sp³-hybridized carbons (Fsp3) is 0.500. The van der Waals surface area contributed by atoms with Crippen LogP contribution in [0.25, 0.3) is 11.2 Å². The van der Waals surface area contributed by atoms with Gasteiger partial charge in [-0.05, 0) is 44.9 Å². The number of ether oxygens (including phenoxy) is 2. The summed E-state index contributed by atoms with van der Waals surface area (Å²) in [7, 11) is -3.27. The van der Waals surface area contributed by atoms with E-state index in [1.54, 1.807) is 36.9 Å². The predicted octanol–water partition coefficient (Wildman–Crippen LogP) is 3.96. The Morgan fingerprint density at radius 1 is 1.31 bits per heavy atom. The molecule has 0 saturated heterocycles. The Bertz CT molecular complexity index is 1230. The van der Waals surface area contributed by atoms with Crippen molar-refractivity contribution < 1.29 is 23.2 Å². The summed E-state index contributed by atoms with van der Waals surface area (Å²) in [5.74, 6) is -0.516. The first-order valence-corrected chi connectivity index (χ1v) is 13.9. The molecular weight excluding hydrogens is 486 g/mol. The van der Waals surface area contributed by atoms with Gasteiger partial charge >= 0.3 is 5.97 Å². The van der Waals surface area contributed by atoms with E-state index in [0.717, 1.165) is 0 Å². The molecule has 0 bridgehead atoms. The van der Waals surface area contributed by atoms with Crippen LogP contribution in [0.3, 0.4) is 0 Å². The molecule has 2 aromatic heterocycles. The lowest BCUT2D eigenvalue weighted by Crippen LogP contribution is -2.34. The number of nitrogen functional groups attached to an aromatic ring is 1. The van der Waals surface area contributed by atoms with Gasteiger partial charge in [0.25, 0.3) is 0 Å². The number of nitrogens with two attached hydrogens (primary N) is 1. The number of benzene rings is 1. The molecule has 0 aliphatic heterocycles. The van der Waals surface area contributed by atoms with Crippen molar-refractivity contribution in [2.24, 2.45) is 5.41 Å². The van der Waals surface area contributed by atoms with Gasteiger partial charge in [-0.3, -0.25) is 9.88 Å². The van der Waals surface area contributed by atoms with Crippen LogP contribution in [0.4, 0.5) is 10.2 Å². The summed E-state index contributed by atoms with van der Waals surface area (Å²) in [4.78, 5) is 25.0. The molecule has 196 valence electrons. The van der Waals surface area contributed by atoms with Gasteiger partial charge in [0.15, 0.2) is 18.8 Å². The van der Waals surface area contributed by atoms with E-state index >= 15 is 0 Å². The van der Waals surface area contributed by atoms with Gasteiger partial charge in [-0.1, -0.05) is 19.1 Å². The van der Waals surface area contributed by atoms with Gasteiger partial charge < -0.3 is 24.3 Å². The quantitative estimate of drug-likeness (QED) is 0.254. The monoisotopic (exact) mass is 520 g/mol. The Morgan fingerprint density at radius 2 is 2.08 bits per heavy atom. The van der Waals surface area contributed by atoms with E-state index in [2.05, 4.69) is 20.0 Å². The minimum absolute atomic E-state index is 0.0162. The number of hydrogen-bond acceptors (Lipinski definition) is 8. The number of halogens is 1. The van der Waals surface area contributed by atoms with Gasteiger partial charge in [-0.25, -0.2) is 19.3 Å². The molecule has 36 heavy (non-hydrogen) atoms. The zero-order valence-electron chi connectivity index (χ0n) is 21.1. The third-order valence-electron chi connectivity index (χ3n) is 5.55. The smallest absolute Gasteiger partial charge is 0.312 e. The number of esters is 1. The second kappa shape index (κ2) is 11.9. The van der Waals surface area contributed by atoms with Crippen molar-refractivity contribution in [2.75, 3.05) is 24.9 Å². The molecule has 3 aromatic rings. The van der Waals surface area contributed by atoms with Gasteiger partial charge in [-0.2, -0.15) is 0 Å². The molecule has 0 aliphatic rings. The van der Waals surface area contributed by atoms with E-state index in [4.69, 9.17) is 15.2 Å². The predicted molar refractivity (Wildman–Crippen MR) is 136 cm³/mol. The van der Waals surface area contributed by atoms with Crippen molar-refractivity contribution >= 4 is 30.2 Å². The molecule has 3 N–H and O–H groups in total. The number of fused-ring (bicyclic) bond motifs is 1. The summed E-state index contributed by atoms with van der Waals surface area (Å²) in [6, 6.07) is 6.05. The first-order valence-electron chi connectivity index (χ1n) is 11.8. The second-order valence-electron chi connectivity index (χ2n) is 9.47. The lowest BCUT2D eigenvalue weighted by Gasteiger charge is -2.29. The van der Waals surface area contributed by atoms with Crippen molar-refractivity contribution in [3.8, 4) is 0 Å². The molecule has 0 saturated carbocycles. The zero-order chi connectivity index (χ0) is 26.3. The molecule has 0 fully saturated rings. The van der Waals surface area contributed by atoms with Crippen LogP contribution in [0.15, 0.2) is 36.9 Å². The Kier molecular flexibility index (Phi) is 9.16. The highest BCUT2D eigenvalue weighted by atomic mass is 31.2. The van der Waals surface area contributed by atoms with Crippen LogP contribution in [0.5, 0.6) is 0 Å². The second-order valence-corrected chi connectivity index (χ2v) is 12.1. The molecule has 0 spiro atoms. The molecule has 10 nitrogen and oxygen atoms in total. The zero-order valence-corrected chi connectivity index (χ0v) is 22.0. The molecule has 12 heteroatoms. The summed E-state index contributed by atoms with van der Waals surface area (Å²) < 4.78 is 40.8. The minimum atomic E-state index is -3.27. The Labute approximate surface area is 210 Å². The van der Waals surface area contributed by atoms with E-state index in [9.17, 15) is 13.8 Å². The minimum Gasteiger partial charge on any atom is -0.465 e. The van der Waals surface area contributed by atoms with Gasteiger partial charge in [0, 0.05) is 12.7 Å². The average molecular weight is 521 g/mol. The number of rotatable bonds is 13.